The van der Waals surface area contributed by atoms with Crippen LogP contribution in [0.2, 0.25) is 0 Å². The van der Waals surface area contributed by atoms with E-state index in [4.69, 9.17) is 0 Å². The highest BCUT2D eigenvalue weighted by Crippen LogP contribution is 2.26. The average molecular weight is 323 g/mol. The minimum atomic E-state index is -4.42. The molecule has 0 bridgehead atoms. The molecule has 120 valence electrons. The van der Waals surface area contributed by atoms with Crippen LogP contribution in [0.15, 0.2) is 42.9 Å². The summed E-state index contributed by atoms with van der Waals surface area (Å²) in [6, 6.07) is 4.02. The summed E-state index contributed by atoms with van der Waals surface area (Å²) < 4.78 is 36.3. The summed E-state index contributed by atoms with van der Waals surface area (Å²) in [6.07, 6.45) is 10.8. The van der Waals surface area contributed by atoms with Crippen molar-refractivity contribution < 1.29 is 21.4 Å². The van der Waals surface area contributed by atoms with Gasteiger partial charge in [0, 0.05) is 24.6 Å². The van der Waals surface area contributed by atoms with E-state index in [0.717, 1.165) is 24.1 Å². The number of allylic oxidation sites excluding steroid dienone is 2. The second-order valence-electron chi connectivity index (χ2n) is 5.59. The summed E-state index contributed by atoms with van der Waals surface area (Å²) >= 11 is 0. The fourth-order valence-corrected chi connectivity index (χ4v) is 3.56. The average Bonchev–Trinajstić information content (AvgIpc) is 2.48. The van der Waals surface area contributed by atoms with Crippen molar-refractivity contribution in [1.82, 2.24) is 0 Å². The van der Waals surface area contributed by atoms with Crippen LogP contribution in [0.3, 0.4) is 0 Å². The van der Waals surface area contributed by atoms with Crippen molar-refractivity contribution in [3.63, 3.8) is 0 Å². The second-order valence-corrected chi connectivity index (χ2v) is 7.17. The molecule has 5 nitrogen and oxygen atoms in total. The van der Waals surface area contributed by atoms with Crippen LogP contribution >= 0.6 is 0 Å². The molecule has 0 saturated carbocycles. The number of quaternary nitrogens is 1. The van der Waals surface area contributed by atoms with Gasteiger partial charge in [-0.1, -0.05) is 13.8 Å². The van der Waals surface area contributed by atoms with Crippen LogP contribution < -0.4 is 4.57 Å². The van der Waals surface area contributed by atoms with Crippen molar-refractivity contribution in [2.24, 2.45) is 0 Å². The molecular weight excluding hydrogens is 300 g/mol. The first-order valence-corrected chi connectivity index (χ1v) is 9.00. The molecule has 2 heterocycles. The van der Waals surface area contributed by atoms with Gasteiger partial charge in [-0.15, -0.1) is 0 Å². The van der Waals surface area contributed by atoms with Gasteiger partial charge in [0.05, 0.1) is 6.54 Å². The molecule has 0 amide bonds. The molecule has 1 aliphatic heterocycles. The topological polar surface area (TPSA) is 61.1 Å². The van der Waals surface area contributed by atoms with Gasteiger partial charge in [0.25, 0.3) is 10.3 Å². The molecule has 0 spiro atoms. The van der Waals surface area contributed by atoms with Crippen molar-refractivity contribution in [3.05, 3.63) is 48.4 Å². The van der Waals surface area contributed by atoms with Crippen LogP contribution in [-0.4, -0.2) is 29.9 Å². The van der Waals surface area contributed by atoms with E-state index in [-0.39, 0.29) is 6.54 Å². The summed E-state index contributed by atoms with van der Waals surface area (Å²) in [5.41, 5.74) is 1.98. The van der Waals surface area contributed by atoms with Gasteiger partial charge in [-0.25, -0.2) is 4.57 Å². The number of nitrogens with zero attached hydrogens (tertiary/aromatic N) is 2. The monoisotopic (exact) mass is 323 g/mol. The van der Waals surface area contributed by atoms with E-state index in [1.165, 1.54) is 6.20 Å². The number of rotatable bonds is 6. The molecule has 1 aromatic rings. The first-order chi connectivity index (χ1) is 10.4. The van der Waals surface area contributed by atoms with E-state index in [0.29, 0.717) is 13.0 Å². The van der Waals surface area contributed by atoms with Crippen LogP contribution in [0.25, 0.3) is 5.57 Å². The van der Waals surface area contributed by atoms with E-state index in [2.05, 4.69) is 11.5 Å². The van der Waals surface area contributed by atoms with Crippen LogP contribution in [0.4, 0.5) is 0 Å². The third kappa shape index (κ3) is 3.45. The summed E-state index contributed by atoms with van der Waals surface area (Å²) in [4.78, 5) is 0. The predicted molar refractivity (Wildman–Crippen MR) is 84.0 cm³/mol. The Bertz CT molecular complexity index is 678. The molecule has 1 atom stereocenters. The predicted octanol–water partition coefficient (Wildman–Crippen LogP) is 1.98. The minimum Gasteiger partial charge on any atom is -0.701 e. The fourth-order valence-electron chi connectivity index (χ4n) is 2.69. The zero-order valence-corrected chi connectivity index (χ0v) is 13.9. The van der Waals surface area contributed by atoms with Gasteiger partial charge in [0.1, 0.15) is 19.3 Å². The quantitative estimate of drug-likeness (QED) is 0.457. The molecule has 1 aliphatic rings. The molecule has 0 aromatic carbocycles. The Balaban J connectivity index is 2.22. The van der Waals surface area contributed by atoms with Crippen LogP contribution in [0.1, 0.15) is 32.3 Å². The molecule has 0 aliphatic carbocycles. The van der Waals surface area contributed by atoms with Gasteiger partial charge >= 0.3 is 0 Å². The van der Waals surface area contributed by atoms with Crippen LogP contribution in [-0.2, 0) is 16.8 Å². The fraction of sp³-hybridized carbons (Fsp3) is 0.438. The normalized spacial score (nSPS) is 21.7. The largest absolute Gasteiger partial charge is 0.701 e. The lowest BCUT2D eigenvalue weighted by Crippen LogP contribution is -2.49. The van der Waals surface area contributed by atoms with Crippen LogP contribution in [0, 0.1) is 0 Å². The van der Waals surface area contributed by atoms with Crippen molar-refractivity contribution >= 4 is 15.9 Å². The maximum Gasteiger partial charge on any atom is 0.259 e. The SMILES string of the molecule is CCC[n+]1ccc(C2=CC[N+](CCC)(S(=O)(=O)[O-])C=C2)cc1. The number of hydrogen-bond acceptors (Lipinski definition) is 3. The Hall–Kier alpha value is -1.50. The van der Waals surface area contributed by atoms with Crippen molar-refractivity contribution in [1.29, 1.82) is 0 Å². The van der Waals surface area contributed by atoms with E-state index in [1.54, 1.807) is 6.08 Å². The van der Waals surface area contributed by atoms with Gasteiger partial charge in [0.15, 0.2) is 12.4 Å². The molecule has 6 heteroatoms. The van der Waals surface area contributed by atoms with Crippen molar-refractivity contribution in [2.75, 3.05) is 13.1 Å². The van der Waals surface area contributed by atoms with E-state index in [1.807, 2.05) is 37.5 Å². The lowest BCUT2D eigenvalue weighted by Gasteiger charge is -2.36. The van der Waals surface area contributed by atoms with Gasteiger partial charge in [-0.05, 0) is 23.6 Å². The van der Waals surface area contributed by atoms with E-state index in [9.17, 15) is 13.0 Å². The Morgan fingerprint density at radius 1 is 1.23 bits per heavy atom. The molecule has 1 unspecified atom stereocenters. The molecule has 22 heavy (non-hydrogen) atoms. The third-order valence-corrected chi connectivity index (χ3v) is 5.24. The highest BCUT2D eigenvalue weighted by atomic mass is 32.2. The molecule has 2 rings (SSSR count). The van der Waals surface area contributed by atoms with Crippen molar-refractivity contribution in [3.8, 4) is 0 Å². The van der Waals surface area contributed by atoms with Gasteiger partial charge in [0.2, 0.25) is 0 Å². The Labute approximate surface area is 132 Å². The summed E-state index contributed by atoms with van der Waals surface area (Å²) in [6.45, 7) is 5.47. The minimum absolute atomic E-state index is 0.190. The molecule has 0 saturated heterocycles. The smallest absolute Gasteiger partial charge is 0.259 e. The maximum absolute atomic E-state index is 11.6. The first-order valence-electron chi connectivity index (χ1n) is 7.63. The summed E-state index contributed by atoms with van der Waals surface area (Å²) in [7, 11) is -4.42. The highest BCUT2D eigenvalue weighted by molar-refractivity contribution is 7.80. The van der Waals surface area contributed by atoms with Gasteiger partial charge in [-0.2, -0.15) is 12.3 Å². The first kappa shape index (κ1) is 16.9. The second kappa shape index (κ2) is 6.73. The summed E-state index contributed by atoms with van der Waals surface area (Å²) in [5, 5.41) is 0. The number of pyridine rings is 1. The lowest BCUT2D eigenvalue weighted by atomic mass is 10.1. The van der Waals surface area contributed by atoms with Crippen LogP contribution in [0.5, 0.6) is 0 Å². The van der Waals surface area contributed by atoms with Gasteiger partial charge < -0.3 is 4.55 Å². The van der Waals surface area contributed by atoms with Crippen molar-refractivity contribution in [2.45, 2.75) is 33.2 Å². The summed E-state index contributed by atoms with van der Waals surface area (Å²) in [5.74, 6) is 0. The van der Waals surface area contributed by atoms with Gasteiger partial charge in [-0.3, -0.25) is 0 Å². The third-order valence-electron chi connectivity index (χ3n) is 3.90. The Kier molecular flexibility index (Phi) is 5.16. The van der Waals surface area contributed by atoms with E-state index < -0.39 is 14.2 Å². The Morgan fingerprint density at radius 3 is 2.36 bits per heavy atom. The van der Waals surface area contributed by atoms with E-state index >= 15 is 0 Å². The molecule has 0 fully saturated rings. The zero-order valence-electron chi connectivity index (χ0n) is 13.1. The Morgan fingerprint density at radius 2 is 1.91 bits per heavy atom. The molecular formula is C16H23N2O3S+. The standard InChI is InChI=1S/C16H23N2O3S/c1-3-9-17-10-5-15(6-11-17)16-7-13-18(12-4-2,14-8-16)22(19,20)21/h5-8,10-11,13H,3-4,9,12,14H2,1-2H3/q+1. The zero-order chi connectivity index (χ0) is 16.2. The lowest BCUT2D eigenvalue weighted by molar-refractivity contribution is -0.750. The number of aryl methyl sites for hydroxylation is 1. The maximum atomic E-state index is 11.6. The molecule has 0 radical (unpaired) electrons. The molecule has 0 N–H and O–H groups in total. The molecule has 1 aromatic heterocycles. The highest BCUT2D eigenvalue weighted by Gasteiger charge is 2.33. The number of hydrogen-bond donors (Lipinski definition) is 0. The number of aromatic nitrogens is 1.